The van der Waals surface area contributed by atoms with E-state index in [1.807, 2.05) is 0 Å². The number of hydrogen-bond acceptors (Lipinski definition) is 3. The molecule has 3 nitrogen and oxygen atoms in total. The minimum absolute atomic E-state index is 0.0312. The highest BCUT2D eigenvalue weighted by Gasteiger charge is 2.39. The third-order valence-electron chi connectivity index (χ3n) is 8.49. The summed E-state index contributed by atoms with van der Waals surface area (Å²) in [7, 11) is 0. The lowest BCUT2D eigenvalue weighted by molar-refractivity contribution is -0.146. The smallest absolute Gasteiger partial charge is 0.309 e. The van der Waals surface area contributed by atoms with Crippen LogP contribution in [0.4, 0.5) is 0 Å². The van der Waals surface area contributed by atoms with Crippen LogP contribution in [-0.2, 0) is 22.5 Å². The Balaban J connectivity index is 1.12. The largest absolute Gasteiger partial charge is 0.462 e. The zero-order chi connectivity index (χ0) is 24.0. The number of nitrogens with zero attached hydrogens (tertiary/aromatic N) is 1. The van der Waals surface area contributed by atoms with Crippen LogP contribution in [0.25, 0.3) is 11.1 Å². The third-order valence-corrected chi connectivity index (χ3v) is 8.92. The van der Waals surface area contributed by atoms with Gasteiger partial charge in [-0.25, -0.2) is 0 Å². The number of piperidine rings is 1. The average Bonchev–Trinajstić information content (AvgIpc) is 3.26. The third kappa shape index (κ3) is 6.49. The zero-order valence-electron chi connectivity index (χ0n) is 21.0. The van der Waals surface area contributed by atoms with Gasteiger partial charge in [-0.1, -0.05) is 55.0 Å². The van der Waals surface area contributed by atoms with Crippen molar-refractivity contribution in [3.8, 4) is 11.1 Å². The molecular weight excluding hydrogens is 454 g/mol. The molecule has 1 aliphatic carbocycles. The summed E-state index contributed by atoms with van der Waals surface area (Å²) in [6.45, 7) is 3.48. The van der Waals surface area contributed by atoms with Gasteiger partial charge in [-0.3, -0.25) is 9.69 Å². The van der Waals surface area contributed by atoms with Crippen molar-refractivity contribution < 1.29 is 9.53 Å². The summed E-state index contributed by atoms with van der Waals surface area (Å²) in [5.74, 6) is 0.627. The molecule has 0 N–H and O–H groups in total. The van der Waals surface area contributed by atoms with Crippen LogP contribution >= 0.6 is 11.6 Å². The number of hydrogen-bond donors (Lipinski definition) is 0. The molecule has 0 bridgehead atoms. The van der Waals surface area contributed by atoms with Crippen molar-refractivity contribution in [3.63, 3.8) is 0 Å². The minimum atomic E-state index is 0.0312. The van der Waals surface area contributed by atoms with E-state index in [1.54, 1.807) is 0 Å². The van der Waals surface area contributed by atoms with E-state index in [0.717, 1.165) is 57.9 Å². The highest BCUT2D eigenvalue weighted by atomic mass is 35.5. The van der Waals surface area contributed by atoms with E-state index < -0.39 is 0 Å². The van der Waals surface area contributed by atoms with E-state index in [9.17, 15) is 4.79 Å². The SMILES string of the molecule is O=C1O[C@H](C2CCC(Cl)CC2)CC1CCCc1ccc(-c2ccccc2CN2CCCCC2)cc1. The number of carbonyl (C=O) groups is 1. The van der Waals surface area contributed by atoms with Gasteiger partial charge in [0, 0.05) is 11.9 Å². The minimum Gasteiger partial charge on any atom is -0.462 e. The highest BCUT2D eigenvalue weighted by Crippen LogP contribution is 2.38. The molecule has 2 aromatic rings. The van der Waals surface area contributed by atoms with Crippen LogP contribution in [0.15, 0.2) is 48.5 Å². The molecule has 2 atom stereocenters. The van der Waals surface area contributed by atoms with Crippen LogP contribution in [0.2, 0.25) is 0 Å². The topological polar surface area (TPSA) is 29.5 Å². The van der Waals surface area contributed by atoms with Gasteiger partial charge in [0.1, 0.15) is 6.10 Å². The van der Waals surface area contributed by atoms with Crippen molar-refractivity contribution in [2.24, 2.45) is 11.8 Å². The molecule has 0 radical (unpaired) electrons. The highest BCUT2D eigenvalue weighted by molar-refractivity contribution is 6.20. The fraction of sp³-hybridized carbons (Fsp3) is 0.581. The summed E-state index contributed by atoms with van der Waals surface area (Å²) >= 11 is 6.25. The van der Waals surface area contributed by atoms with E-state index in [0.29, 0.717) is 11.3 Å². The predicted molar refractivity (Wildman–Crippen MR) is 144 cm³/mol. The fourth-order valence-corrected chi connectivity index (χ4v) is 6.60. The molecule has 0 aromatic heterocycles. The van der Waals surface area contributed by atoms with Crippen LogP contribution in [0.1, 0.15) is 75.3 Å². The number of alkyl halides is 1. The van der Waals surface area contributed by atoms with Gasteiger partial charge in [-0.15, -0.1) is 11.6 Å². The first-order valence-corrected chi connectivity index (χ1v) is 14.3. The molecule has 1 saturated carbocycles. The number of rotatable bonds is 8. The summed E-state index contributed by atoms with van der Waals surface area (Å²) < 4.78 is 5.80. The maximum Gasteiger partial charge on any atom is 0.309 e. The average molecular weight is 494 g/mol. The number of esters is 1. The Morgan fingerprint density at radius 3 is 2.43 bits per heavy atom. The summed E-state index contributed by atoms with van der Waals surface area (Å²) in [6, 6.07) is 18.0. The van der Waals surface area contributed by atoms with Gasteiger partial charge >= 0.3 is 5.97 Å². The second-order valence-electron chi connectivity index (χ2n) is 11.0. The fourth-order valence-electron chi connectivity index (χ4n) is 6.35. The zero-order valence-corrected chi connectivity index (χ0v) is 21.7. The van der Waals surface area contributed by atoms with E-state index in [-0.39, 0.29) is 18.0 Å². The van der Waals surface area contributed by atoms with Crippen molar-refractivity contribution in [3.05, 3.63) is 59.7 Å². The first-order chi connectivity index (χ1) is 17.2. The standard InChI is InChI=1S/C31H40ClNO2/c32-28-17-15-25(16-18-28)30-21-26(31(34)35-30)9-6-7-23-11-13-24(14-12-23)29-10-3-2-8-27(29)22-33-19-4-1-5-20-33/h2-3,8,10-14,25-26,28,30H,1,4-7,9,15-22H2/t25?,26?,28?,30-/m0/s1. The molecule has 5 rings (SSSR count). The Morgan fingerprint density at radius 1 is 0.914 bits per heavy atom. The Kier molecular flexibility index (Phi) is 8.47. The summed E-state index contributed by atoms with van der Waals surface area (Å²) in [6.07, 6.45) is 12.4. The Labute approximate surface area is 216 Å². The Morgan fingerprint density at radius 2 is 1.66 bits per heavy atom. The second kappa shape index (κ2) is 11.9. The lowest BCUT2D eigenvalue weighted by Crippen LogP contribution is -2.29. The molecule has 35 heavy (non-hydrogen) atoms. The molecule has 1 unspecified atom stereocenters. The quantitative estimate of drug-likeness (QED) is 0.283. The molecule has 3 fully saturated rings. The number of halogens is 1. The van der Waals surface area contributed by atoms with Gasteiger partial charge < -0.3 is 4.74 Å². The first kappa shape index (κ1) is 24.8. The van der Waals surface area contributed by atoms with Crippen molar-refractivity contribution in [1.29, 1.82) is 0 Å². The van der Waals surface area contributed by atoms with E-state index in [1.165, 1.54) is 54.6 Å². The van der Waals surface area contributed by atoms with Gasteiger partial charge in [0.05, 0.1) is 5.92 Å². The van der Waals surface area contributed by atoms with Crippen LogP contribution in [0.5, 0.6) is 0 Å². The van der Waals surface area contributed by atoms with Gasteiger partial charge in [0.15, 0.2) is 0 Å². The van der Waals surface area contributed by atoms with Gasteiger partial charge in [-0.2, -0.15) is 0 Å². The molecule has 2 aromatic carbocycles. The first-order valence-electron chi connectivity index (χ1n) is 13.9. The molecule has 0 spiro atoms. The Bertz CT molecular complexity index is 960. The lowest BCUT2D eigenvalue weighted by atomic mass is 9.82. The van der Waals surface area contributed by atoms with Crippen LogP contribution < -0.4 is 0 Å². The van der Waals surface area contributed by atoms with Crippen molar-refractivity contribution >= 4 is 17.6 Å². The van der Waals surface area contributed by atoms with E-state index in [4.69, 9.17) is 16.3 Å². The Hall–Kier alpha value is -1.84. The normalized spacial score (nSPS) is 27.6. The number of benzene rings is 2. The second-order valence-corrected chi connectivity index (χ2v) is 11.6. The molecule has 188 valence electrons. The molecule has 0 amide bonds. The lowest BCUT2D eigenvalue weighted by Gasteiger charge is -2.28. The molecule has 2 heterocycles. The molecule has 4 heteroatoms. The predicted octanol–water partition coefficient (Wildman–Crippen LogP) is 7.39. The molecule has 3 aliphatic rings. The number of aryl methyl sites for hydroxylation is 1. The monoisotopic (exact) mass is 493 g/mol. The van der Waals surface area contributed by atoms with Crippen LogP contribution in [0.3, 0.4) is 0 Å². The maximum atomic E-state index is 12.5. The van der Waals surface area contributed by atoms with Crippen LogP contribution in [0, 0.1) is 11.8 Å². The summed E-state index contributed by atoms with van der Waals surface area (Å²) in [5, 5.41) is 0.314. The van der Waals surface area contributed by atoms with Crippen LogP contribution in [-0.4, -0.2) is 35.4 Å². The van der Waals surface area contributed by atoms with E-state index in [2.05, 4.69) is 53.4 Å². The van der Waals surface area contributed by atoms with Crippen molar-refractivity contribution in [1.82, 2.24) is 4.90 Å². The van der Waals surface area contributed by atoms with Gasteiger partial charge in [-0.05, 0) is 105 Å². The van der Waals surface area contributed by atoms with Crippen molar-refractivity contribution in [2.45, 2.75) is 88.7 Å². The molecule has 2 aliphatic heterocycles. The molecular formula is C31H40ClNO2. The van der Waals surface area contributed by atoms with Gasteiger partial charge in [0.25, 0.3) is 0 Å². The number of cyclic esters (lactones) is 1. The van der Waals surface area contributed by atoms with Crippen molar-refractivity contribution in [2.75, 3.05) is 13.1 Å². The summed E-state index contributed by atoms with van der Waals surface area (Å²) in [4.78, 5) is 15.1. The number of likely N-dealkylation sites (tertiary alicyclic amines) is 1. The summed E-state index contributed by atoms with van der Waals surface area (Å²) in [5.41, 5.74) is 5.43. The van der Waals surface area contributed by atoms with E-state index >= 15 is 0 Å². The number of ether oxygens (including phenoxy) is 1. The maximum absolute atomic E-state index is 12.5. The molecule has 2 saturated heterocycles. The van der Waals surface area contributed by atoms with Gasteiger partial charge in [0.2, 0.25) is 0 Å². The number of carbonyl (C=O) groups excluding carboxylic acids is 1.